The largest absolute Gasteiger partial charge is 0.491 e. The lowest BCUT2D eigenvalue weighted by atomic mass is 9.75. The van der Waals surface area contributed by atoms with E-state index in [1.807, 2.05) is 38.1 Å². The van der Waals surface area contributed by atoms with E-state index in [1.165, 1.54) is 0 Å². The quantitative estimate of drug-likeness (QED) is 0.618. The Morgan fingerprint density at radius 3 is 2.62 bits per heavy atom. The number of benzene rings is 1. The third-order valence-corrected chi connectivity index (χ3v) is 5.37. The number of hydrogen-bond donors (Lipinski definition) is 1. The normalized spacial score (nSPS) is 15.4. The van der Waals surface area contributed by atoms with Gasteiger partial charge in [-0.25, -0.2) is 0 Å². The topological polar surface area (TPSA) is 55.0 Å². The first-order chi connectivity index (χ1) is 13.8. The fourth-order valence-electron chi connectivity index (χ4n) is 4.28. The van der Waals surface area contributed by atoms with Gasteiger partial charge in [-0.3, -0.25) is 9.78 Å². The summed E-state index contributed by atoms with van der Waals surface area (Å²) in [5.41, 5.74) is 6.22. The van der Waals surface area contributed by atoms with Crippen LogP contribution in [-0.4, -0.2) is 21.9 Å². The first kappa shape index (κ1) is 19.4. The third kappa shape index (κ3) is 4.12. The van der Waals surface area contributed by atoms with Crippen molar-refractivity contribution < 1.29 is 9.53 Å². The van der Waals surface area contributed by atoms with E-state index < -0.39 is 0 Å². The van der Waals surface area contributed by atoms with Crippen molar-refractivity contribution in [3.05, 3.63) is 71.2 Å². The number of aromatic amines is 1. The highest BCUT2D eigenvalue weighted by atomic mass is 16.5. The second-order valence-corrected chi connectivity index (χ2v) is 9.00. The molecule has 0 aliphatic heterocycles. The molecule has 29 heavy (non-hydrogen) atoms. The van der Waals surface area contributed by atoms with Crippen LogP contribution in [0.2, 0.25) is 0 Å². The maximum absolute atomic E-state index is 13.1. The van der Waals surface area contributed by atoms with Crippen molar-refractivity contribution in [2.45, 2.75) is 53.1 Å². The number of H-pyrrole nitrogens is 1. The molecule has 0 saturated heterocycles. The van der Waals surface area contributed by atoms with Gasteiger partial charge in [-0.15, -0.1) is 0 Å². The van der Waals surface area contributed by atoms with Crippen LogP contribution in [-0.2, 0) is 12.8 Å². The molecule has 3 aromatic rings. The number of pyridine rings is 1. The molecule has 4 rings (SSSR count). The minimum atomic E-state index is -0.0211. The number of Topliss-reactive ketones (excluding diaryl/α,β-unsaturated/α-hetero) is 1. The number of carbonyl (C=O) groups excluding carboxylic acids is 1. The third-order valence-electron chi connectivity index (χ3n) is 5.37. The standard InChI is InChI=1S/C25H28N2O2/c1-16(2)29-19-7-5-6-17(12-19)13-20-23-21(14-25(3,4)15-22(23)28)27-24(20)18-8-10-26-11-9-18/h5-12,16,27H,13-15H2,1-4H3. The van der Waals surface area contributed by atoms with Crippen molar-refractivity contribution in [3.8, 4) is 17.0 Å². The monoisotopic (exact) mass is 388 g/mol. The number of ether oxygens (including phenoxy) is 1. The Morgan fingerprint density at radius 2 is 1.90 bits per heavy atom. The van der Waals surface area contributed by atoms with Crippen molar-refractivity contribution in [2.24, 2.45) is 5.41 Å². The van der Waals surface area contributed by atoms with Gasteiger partial charge in [0.25, 0.3) is 0 Å². The van der Waals surface area contributed by atoms with E-state index in [0.29, 0.717) is 12.8 Å². The Morgan fingerprint density at radius 1 is 1.14 bits per heavy atom. The lowest BCUT2D eigenvalue weighted by Crippen LogP contribution is -2.27. The maximum Gasteiger partial charge on any atom is 0.165 e. The number of rotatable bonds is 5. The smallest absolute Gasteiger partial charge is 0.165 e. The summed E-state index contributed by atoms with van der Waals surface area (Å²) >= 11 is 0. The van der Waals surface area contributed by atoms with Crippen LogP contribution in [0.4, 0.5) is 0 Å². The van der Waals surface area contributed by atoms with Gasteiger partial charge in [-0.1, -0.05) is 26.0 Å². The average molecular weight is 389 g/mol. The average Bonchev–Trinajstić information content (AvgIpc) is 2.99. The second-order valence-electron chi connectivity index (χ2n) is 9.00. The Hall–Kier alpha value is -2.88. The zero-order valence-electron chi connectivity index (χ0n) is 17.6. The van der Waals surface area contributed by atoms with Crippen LogP contribution in [0.25, 0.3) is 11.3 Å². The summed E-state index contributed by atoms with van der Waals surface area (Å²) < 4.78 is 5.87. The van der Waals surface area contributed by atoms with Crippen molar-refractivity contribution in [3.63, 3.8) is 0 Å². The second kappa shape index (κ2) is 7.51. The van der Waals surface area contributed by atoms with Crippen LogP contribution in [0.3, 0.4) is 0 Å². The van der Waals surface area contributed by atoms with E-state index in [4.69, 9.17) is 4.74 Å². The van der Waals surface area contributed by atoms with Crippen molar-refractivity contribution in [2.75, 3.05) is 0 Å². The molecule has 1 aliphatic carbocycles. The fourth-order valence-corrected chi connectivity index (χ4v) is 4.28. The number of ketones is 1. The van der Waals surface area contributed by atoms with Crippen LogP contribution >= 0.6 is 0 Å². The number of nitrogens with one attached hydrogen (secondary N) is 1. The van der Waals surface area contributed by atoms with E-state index >= 15 is 0 Å². The van der Waals surface area contributed by atoms with Gasteiger partial charge in [0.15, 0.2) is 5.78 Å². The van der Waals surface area contributed by atoms with E-state index in [0.717, 1.165) is 45.8 Å². The molecule has 1 aliphatic rings. The van der Waals surface area contributed by atoms with E-state index in [2.05, 4.69) is 35.9 Å². The van der Waals surface area contributed by atoms with Gasteiger partial charge in [-0.2, -0.15) is 0 Å². The maximum atomic E-state index is 13.1. The molecule has 4 nitrogen and oxygen atoms in total. The van der Waals surface area contributed by atoms with Gasteiger partial charge < -0.3 is 9.72 Å². The van der Waals surface area contributed by atoms with E-state index in [1.54, 1.807) is 12.4 Å². The van der Waals surface area contributed by atoms with Crippen LogP contribution in [0.5, 0.6) is 5.75 Å². The van der Waals surface area contributed by atoms with Crippen LogP contribution in [0.15, 0.2) is 48.8 Å². The summed E-state index contributed by atoms with van der Waals surface area (Å²) in [4.78, 5) is 20.9. The first-order valence-electron chi connectivity index (χ1n) is 10.3. The lowest BCUT2D eigenvalue weighted by molar-refractivity contribution is 0.0911. The molecule has 0 fully saturated rings. The van der Waals surface area contributed by atoms with Crippen molar-refractivity contribution in [1.29, 1.82) is 0 Å². The highest BCUT2D eigenvalue weighted by Gasteiger charge is 2.35. The minimum absolute atomic E-state index is 0.0211. The molecule has 150 valence electrons. The SMILES string of the molecule is CC(C)Oc1cccc(Cc2c(-c3ccncc3)[nH]c3c2C(=O)CC(C)(C)C3)c1. The molecule has 0 radical (unpaired) electrons. The van der Waals surface area contributed by atoms with Gasteiger partial charge in [0.05, 0.1) is 11.8 Å². The minimum Gasteiger partial charge on any atom is -0.491 e. The number of hydrogen-bond acceptors (Lipinski definition) is 3. The molecule has 2 heterocycles. The summed E-state index contributed by atoms with van der Waals surface area (Å²) in [7, 11) is 0. The number of carbonyl (C=O) groups is 1. The summed E-state index contributed by atoms with van der Waals surface area (Å²) in [6.07, 6.45) is 5.86. The summed E-state index contributed by atoms with van der Waals surface area (Å²) in [5.74, 6) is 1.09. The van der Waals surface area contributed by atoms with Gasteiger partial charge in [0, 0.05) is 42.1 Å². The van der Waals surface area contributed by atoms with Gasteiger partial charge in [0.2, 0.25) is 0 Å². The molecular formula is C25H28N2O2. The van der Waals surface area contributed by atoms with Gasteiger partial charge >= 0.3 is 0 Å². The zero-order chi connectivity index (χ0) is 20.6. The molecule has 1 N–H and O–H groups in total. The zero-order valence-corrected chi connectivity index (χ0v) is 17.6. The fraction of sp³-hybridized carbons (Fsp3) is 0.360. The Kier molecular flexibility index (Phi) is 5.03. The van der Waals surface area contributed by atoms with Crippen molar-refractivity contribution >= 4 is 5.78 Å². The Bertz CT molecular complexity index is 1030. The van der Waals surface area contributed by atoms with Gasteiger partial charge in [-0.05, 0) is 61.1 Å². The highest BCUT2D eigenvalue weighted by Crippen LogP contribution is 2.40. The molecule has 1 aromatic carbocycles. The molecule has 0 bridgehead atoms. The molecular weight excluding hydrogens is 360 g/mol. The summed E-state index contributed by atoms with van der Waals surface area (Å²) in [6.45, 7) is 8.37. The van der Waals surface area contributed by atoms with Crippen molar-refractivity contribution in [1.82, 2.24) is 9.97 Å². The highest BCUT2D eigenvalue weighted by molar-refractivity contribution is 6.02. The lowest BCUT2D eigenvalue weighted by Gasteiger charge is -2.28. The Labute approximate surface area is 172 Å². The molecule has 0 spiro atoms. The Balaban J connectivity index is 1.80. The first-order valence-corrected chi connectivity index (χ1v) is 10.3. The van der Waals surface area contributed by atoms with Crippen LogP contribution in [0, 0.1) is 5.41 Å². The molecule has 0 atom stereocenters. The molecule has 2 aromatic heterocycles. The number of nitrogens with zero attached hydrogens (tertiary/aromatic N) is 1. The summed E-state index contributed by atoms with van der Waals surface area (Å²) in [6, 6.07) is 12.2. The molecule has 4 heteroatoms. The van der Waals surface area contributed by atoms with Gasteiger partial charge in [0.1, 0.15) is 5.75 Å². The van der Waals surface area contributed by atoms with Crippen LogP contribution < -0.4 is 4.74 Å². The molecule has 0 amide bonds. The predicted molar refractivity (Wildman–Crippen MR) is 115 cm³/mol. The predicted octanol–water partition coefficient (Wildman–Crippen LogP) is 5.61. The molecule has 0 saturated carbocycles. The van der Waals surface area contributed by atoms with Crippen LogP contribution in [0.1, 0.15) is 61.3 Å². The summed E-state index contributed by atoms with van der Waals surface area (Å²) in [5, 5.41) is 0. The number of aromatic nitrogens is 2. The number of fused-ring (bicyclic) bond motifs is 1. The van der Waals surface area contributed by atoms with E-state index in [9.17, 15) is 4.79 Å². The van der Waals surface area contributed by atoms with E-state index in [-0.39, 0.29) is 17.3 Å². The molecule has 0 unspecified atom stereocenters.